The fraction of sp³-hybridized carbons (Fsp3) is 0.261. The lowest BCUT2D eigenvalue weighted by Gasteiger charge is -2.31. The molecular formula is C23H21N3O7S. The fourth-order valence-electron chi connectivity index (χ4n) is 3.41. The van der Waals surface area contributed by atoms with Gasteiger partial charge in [-0.25, -0.2) is 4.79 Å². The maximum absolute atomic E-state index is 12.8. The van der Waals surface area contributed by atoms with E-state index in [1.54, 1.807) is 24.3 Å². The van der Waals surface area contributed by atoms with E-state index in [-0.39, 0.29) is 34.4 Å². The zero-order valence-corrected chi connectivity index (χ0v) is 19.1. The minimum absolute atomic E-state index is 0.0849. The first-order valence-electron chi connectivity index (χ1n) is 10.0. The molecule has 1 aliphatic heterocycles. The third-order valence-corrected chi connectivity index (χ3v) is 6.08. The highest BCUT2D eigenvalue weighted by Crippen LogP contribution is 2.40. The van der Waals surface area contributed by atoms with Crippen LogP contribution >= 0.6 is 11.8 Å². The van der Waals surface area contributed by atoms with Crippen LogP contribution in [0.25, 0.3) is 0 Å². The van der Waals surface area contributed by atoms with Crippen LogP contribution in [0.5, 0.6) is 0 Å². The number of furan rings is 1. The van der Waals surface area contributed by atoms with E-state index in [0.717, 1.165) is 18.9 Å². The van der Waals surface area contributed by atoms with Crippen LogP contribution in [-0.4, -0.2) is 43.7 Å². The standard InChI is InChI=1S/C23H21N3O7S/c1-31-22(29)14-7-5-13(6-8-14)18-16(10-24)21(26-20(28)19(18)23(30)32-2)34-12-17(27)25-11-15-4-3-9-33-15/h3-9,18-19H,11-12H2,1-2H3,(H,25,27)(H,26,28)/t18-,19+/m1/s1. The van der Waals surface area contributed by atoms with Gasteiger partial charge in [-0.2, -0.15) is 5.26 Å². The Kier molecular flexibility index (Phi) is 8.10. The third kappa shape index (κ3) is 5.47. The molecule has 0 saturated carbocycles. The van der Waals surface area contributed by atoms with Crippen LogP contribution in [0.2, 0.25) is 0 Å². The zero-order chi connectivity index (χ0) is 24.7. The van der Waals surface area contributed by atoms with Crippen LogP contribution in [0.1, 0.15) is 27.6 Å². The van der Waals surface area contributed by atoms with Crippen molar-refractivity contribution >= 4 is 35.5 Å². The van der Waals surface area contributed by atoms with Gasteiger partial charge < -0.3 is 24.5 Å². The first-order chi connectivity index (χ1) is 16.4. The van der Waals surface area contributed by atoms with Gasteiger partial charge in [-0.3, -0.25) is 14.4 Å². The van der Waals surface area contributed by atoms with Gasteiger partial charge >= 0.3 is 11.9 Å². The van der Waals surface area contributed by atoms with Gasteiger partial charge in [0.1, 0.15) is 11.7 Å². The van der Waals surface area contributed by atoms with Crippen molar-refractivity contribution in [3.8, 4) is 6.07 Å². The van der Waals surface area contributed by atoms with Crippen LogP contribution in [0.15, 0.2) is 57.7 Å². The van der Waals surface area contributed by atoms with Crippen molar-refractivity contribution in [3.05, 3.63) is 70.2 Å². The van der Waals surface area contributed by atoms with Crippen molar-refractivity contribution < 1.29 is 33.1 Å². The summed E-state index contributed by atoms with van der Waals surface area (Å²) in [4.78, 5) is 49.3. The Morgan fingerprint density at radius 2 is 1.91 bits per heavy atom. The number of benzene rings is 1. The largest absolute Gasteiger partial charge is 0.468 e. The van der Waals surface area contributed by atoms with Crippen molar-refractivity contribution in [2.75, 3.05) is 20.0 Å². The van der Waals surface area contributed by atoms with Gasteiger partial charge in [0.15, 0.2) is 0 Å². The topological polar surface area (TPSA) is 148 Å². The molecule has 1 aromatic carbocycles. The lowest BCUT2D eigenvalue weighted by molar-refractivity contribution is -0.150. The number of allylic oxidation sites excluding steroid dienone is 1. The predicted molar refractivity (Wildman–Crippen MR) is 120 cm³/mol. The number of nitriles is 1. The van der Waals surface area contributed by atoms with E-state index in [2.05, 4.69) is 21.4 Å². The molecule has 0 bridgehead atoms. The van der Waals surface area contributed by atoms with Gasteiger partial charge in [0, 0.05) is 5.92 Å². The number of carbonyl (C=O) groups is 4. The Bertz CT molecular complexity index is 1150. The molecule has 0 aliphatic carbocycles. The monoisotopic (exact) mass is 483 g/mol. The molecule has 1 aromatic heterocycles. The highest BCUT2D eigenvalue weighted by Gasteiger charge is 2.44. The average Bonchev–Trinajstić information content (AvgIpc) is 3.38. The number of nitrogens with one attached hydrogen (secondary N) is 2. The Morgan fingerprint density at radius 1 is 1.18 bits per heavy atom. The number of rotatable bonds is 8. The number of amides is 2. The molecule has 11 heteroatoms. The van der Waals surface area contributed by atoms with Crippen LogP contribution in [0.4, 0.5) is 0 Å². The van der Waals surface area contributed by atoms with Crippen molar-refractivity contribution in [1.82, 2.24) is 10.6 Å². The number of thioether (sulfide) groups is 1. The van der Waals surface area contributed by atoms with Crippen molar-refractivity contribution in [2.45, 2.75) is 12.5 Å². The fourth-order valence-corrected chi connectivity index (χ4v) is 4.29. The summed E-state index contributed by atoms with van der Waals surface area (Å²) in [6.45, 7) is 0.197. The number of nitrogens with zero attached hydrogens (tertiary/aromatic N) is 1. The second-order valence-electron chi connectivity index (χ2n) is 7.08. The van der Waals surface area contributed by atoms with E-state index in [1.807, 2.05) is 0 Å². The van der Waals surface area contributed by atoms with Crippen LogP contribution < -0.4 is 10.6 Å². The maximum atomic E-state index is 12.8. The second kappa shape index (κ2) is 11.2. The molecule has 2 atom stereocenters. The molecule has 0 unspecified atom stereocenters. The number of carbonyl (C=O) groups excluding carboxylic acids is 4. The molecule has 0 fully saturated rings. The van der Waals surface area contributed by atoms with Crippen LogP contribution in [0, 0.1) is 17.2 Å². The molecular weight excluding hydrogens is 462 g/mol. The minimum atomic E-state index is -1.32. The predicted octanol–water partition coefficient (Wildman–Crippen LogP) is 1.85. The molecule has 1 aliphatic rings. The Labute approximate surface area is 199 Å². The average molecular weight is 484 g/mol. The molecule has 2 amide bonds. The number of hydrogen-bond acceptors (Lipinski definition) is 9. The molecule has 34 heavy (non-hydrogen) atoms. The summed E-state index contributed by atoms with van der Waals surface area (Å²) < 4.78 is 14.6. The summed E-state index contributed by atoms with van der Waals surface area (Å²) in [7, 11) is 2.40. The summed E-state index contributed by atoms with van der Waals surface area (Å²) in [5, 5.41) is 15.3. The molecule has 10 nitrogen and oxygen atoms in total. The summed E-state index contributed by atoms with van der Waals surface area (Å²) in [5.74, 6) is -4.15. The van der Waals surface area contributed by atoms with E-state index < -0.39 is 29.7 Å². The van der Waals surface area contributed by atoms with Crippen molar-refractivity contribution in [3.63, 3.8) is 0 Å². The van der Waals surface area contributed by atoms with E-state index in [1.165, 1.54) is 25.5 Å². The lowest BCUT2D eigenvalue weighted by atomic mass is 9.78. The lowest BCUT2D eigenvalue weighted by Crippen LogP contribution is -2.44. The summed E-state index contributed by atoms with van der Waals surface area (Å²) in [6, 6.07) is 11.5. The SMILES string of the molecule is COC(=O)c1ccc([C@@H]2C(C#N)=C(SCC(=O)NCc3ccco3)NC(=O)[C@H]2C(=O)OC)cc1. The van der Waals surface area contributed by atoms with E-state index in [4.69, 9.17) is 9.15 Å². The Morgan fingerprint density at radius 3 is 2.50 bits per heavy atom. The number of methoxy groups -OCH3 is 2. The molecule has 2 aromatic rings. The van der Waals surface area contributed by atoms with Gasteiger partial charge in [-0.05, 0) is 29.8 Å². The number of esters is 2. The van der Waals surface area contributed by atoms with E-state index in [0.29, 0.717) is 11.3 Å². The molecule has 2 heterocycles. The van der Waals surface area contributed by atoms with Gasteiger partial charge in [0.25, 0.3) is 0 Å². The first-order valence-corrected chi connectivity index (χ1v) is 11.0. The normalized spacial score (nSPS) is 17.4. The molecule has 0 spiro atoms. The van der Waals surface area contributed by atoms with Crippen molar-refractivity contribution in [2.24, 2.45) is 5.92 Å². The first kappa shape index (κ1) is 24.6. The number of hydrogen-bond donors (Lipinski definition) is 2. The highest BCUT2D eigenvalue weighted by molar-refractivity contribution is 8.03. The smallest absolute Gasteiger partial charge is 0.337 e. The van der Waals surface area contributed by atoms with E-state index >= 15 is 0 Å². The highest BCUT2D eigenvalue weighted by atomic mass is 32.2. The quantitative estimate of drug-likeness (QED) is 0.424. The molecule has 176 valence electrons. The van der Waals surface area contributed by atoms with Gasteiger partial charge in [-0.1, -0.05) is 23.9 Å². The van der Waals surface area contributed by atoms with Crippen LogP contribution in [0.3, 0.4) is 0 Å². The minimum Gasteiger partial charge on any atom is -0.468 e. The van der Waals surface area contributed by atoms with Crippen molar-refractivity contribution in [1.29, 1.82) is 5.26 Å². The van der Waals surface area contributed by atoms with Gasteiger partial charge in [0.2, 0.25) is 11.8 Å². The van der Waals surface area contributed by atoms with Crippen LogP contribution in [-0.2, 0) is 30.4 Å². The molecule has 0 radical (unpaired) electrons. The van der Waals surface area contributed by atoms with E-state index in [9.17, 15) is 24.4 Å². The third-order valence-electron chi connectivity index (χ3n) is 5.06. The summed E-state index contributed by atoms with van der Waals surface area (Å²) in [5.41, 5.74) is 0.825. The van der Waals surface area contributed by atoms with Gasteiger partial charge in [-0.15, -0.1) is 0 Å². The zero-order valence-electron chi connectivity index (χ0n) is 18.3. The Balaban J connectivity index is 1.87. The Hall–Kier alpha value is -4.04. The molecule has 3 rings (SSSR count). The van der Waals surface area contributed by atoms with Gasteiger partial charge in [0.05, 0.1) is 55.0 Å². The summed E-state index contributed by atoms with van der Waals surface area (Å²) >= 11 is 0.967. The second-order valence-corrected chi connectivity index (χ2v) is 8.07. The summed E-state index contributed by atoms with van der Waals surface area (Å²) in [6.07, 6.45) is 1.49. The molecule has 2 N–H and O–H groups in total. The maximum Gasteiger partial charge on any atom is 0.337 e. The number of ether oxygens (including phenoxy) is 2. The molecule has 0 saturated heterocycles.